The van der Waals surface area contributed by atoms with Gasteiger partial charge in [0.15, 0.2) is 0 Å². The molecule has 0 aliphatic carbocycles. The predicted octanol–water partition coefficient (Wildman–Crippen LogP) is 7.83. The molecular formula is C31H58NO6+. The lowest BCUT2D eigenvalue weighted by Crippen LogP contribution is -2.51. The molecule has 0 fully saturated rings. The Morgan fingerprint density at radius 2 is 0.789 bits per heavy atom. The van der Waals surface area contributed by atoms with Crippen LogP contribution >= 0.6 is 0 Å². The first-order valence-electron chi connectivity index (χ1n) is 15.5. The van der Waals surface area contributed by atoms with Gasteiger partial charge in [0.25, 0.3) is 0 Å². The van der Waals surface area contributed by atoms with Gasteiger partial charge in [-0.1, -0.05) is 64.0 Å². The van der Waals surface area contributed by atoms with Gasteiger partial charge < -0.3 is 19.8 Å². The van der Waals surface area contributed by atoms with Crippen LogP contribution in [0.25, 0.3) is 0 Å². The molecule has 0 heterocycles. The molecule has 7 heteroatoms. The second kappa shape index (κ2) is 25.4. The molecule has 0 aromatic carbocycles. The zero-order valence-electron chi connectivity index (χ0n) is 24.3. The molecule has 3 N–H and O–H groups in total. The summed E-state index contributed by atoms with van der Waals surface area (Å²) in [5, 5.41) is 27.1. The molecule has 0 saturated carbocycles. The highest BCUT2D eigenvalue weighted by molar-refractivity contribution is 5.67. The van der Waals surface area contributed by atoms with Crippen LogP contribution in [0.15, 0.2) is 12.2 Å². The minimum absolute atomic E-state index is 0.175. The van der Waals surface area contributed by atoms with Crippen LogP contribution in [0.3, 0.4) is 0 Å². The zero-order chi connectivity index (χ0) is 28.3. The minimum Gasteiger partial charge on any atom is -0.481 e. The molecule has 0 bridgehead atoms. The van der Waals surface area contributed by atoms with Gasteiger partial charge in [0.1, 0.15) is 0 Å². The van der Waals surface area contributed by atoms with Crippen molar-refractivity contribution in [2.45, 2.75) is 142 Å². The van der Waals surface area contributed by atoms with Crippen molar-refractivity contribution in [2.75, 3.05) is 26.2 Å². The third kappa shape index (κ3) is 24.4. The molecule has 0 aliphatic heterocycles. The summed E-state index contributed by atoms with van der Waals surface area (Å²) in [6.45, 7) is 5.86. The van der Waals surface area contributed by atoms with E-state index in [1.54, 1.807) is 0 Å². The predicted molar refractivity (Wildman–Crippen MR) is 154 cm³/mol. The minimum atomic E-state index is -0.768. The average Bonchev–Trinajstić information content (AvgIpc) is 2.87. The van der Waals surface area contributed by atoms with Gasteiger partial charge in [-0.15, -0.1) is 0 Å². The van der Waals surface area contributed by atoms with Crippen LogP contribution < -0.4 is 0 Å². The number of carbonyl (C=O) groups is 3. The van der Waals surface area contributed by atoms with E-state index < -0.39 is 17.9 Å². The van der Waals surface area contributed by atoms with Crippen LogP contribution in [-0.4, -0.2) is 63.9 Å². The maximum absolute atomic E-state index is 11.0. The number of quaternary nitrogens is 1. The number of carboxylic acids is 3. The Morgan fingerprint density at radius 3 is 1.13 bits per heavy atom. The maximum atomic E-state index is 11.0. The largest absolute Gasteiger partial charge is 0.481 e. The van der Waals surface area contributed by atoms with E-state index in [9.17, 15) is 14.4 Å². The molecular weight excluding hydrogens is 482 g/mol. The molecule has 7 nitrogen and oxygen atoms in total. The van der Waals surface area contributed by atoms with Crippen molar-refractivity contribution >= 4 is 17.9 Å². The molecule has 38 heavy (non-hydrogen) atoms. The number of carboxylic acid groups (broad SMARTS) is 3. The molecule has 0 spiro atoms. The van der Waals surface area contributed by atoms with Gasteiger partial charge in [0.05, 0.1) is 26.2 Å². The number of hydrogen-bond acceptors (Lipinski definition) is 3. The fraction of sp³-hybridized carbons (Fsp3) is 0.839. The monoisotopic (exact) mass is 540 g/mol. The molecule has 0 amide bonds. The van der Waals surface area contributed by atoms with E-state index in [0.717, 1.165) is 62.8 Å². The van der Waals surface area contributed by atoms with Crippen molar-refractivity contribution in [1.82, 2.24) is 0 Å². The van der Waals surface area contributed by atoms with Crippen molar-refractivity contribution in [3.8, 4) is 0 Å². The summed E-state index contributed by atoms with van der Waals surface area (Å²) in [6, 6.07) is 0. The molecule has 222 valence electrons. The Bertz CT molecular complexity index is 579. The van der Waals surface area contributed by atoms with Crippen molar-refractivity contribution in [2.24, 2.45) is 0 Å². The van der Waals surface area contributed by atoms with Gasteiger partial charge in [-0.3, -0.25) is 14.4 Å². The number of hydrogen-bond donors (Lipinski definition) is 3. The topological polar surface area (TPSA) is 112 Å². The number of allylic oxidation sites excluding steroid dienone is 2. The fourth-order valence-electron chi connectivity index (χ4n) is 5.25. The molecule has 0 saturated heterocycles. The Labute approximate surface area is 232 Å². The van der Waals surface area contributed by atoms with E-state index in [2.05, 4.69) is 19.1 Å². The highest BCUT2D eigenvalue weighted by atomic mass is 16.4. The second-order valence-electron chi connectivity index (χ2n) is 11.0. The fourth-order valence-corrected chi connectivity index (χ4v) is 5.25. The van der Waals surface area contributed by atoms with E-state index in [1.165, 1.54) is 64.2 Å². The lowest BCUT2D eigenvalue weighted by molar-refractivity contribution is -0.929. The summed E-state index contributed by atoms with van der Waals surface area (Å²) in [6.07, 6.45) is 24.6. The first-order valence-corrected chi connectivity index (χ1v) is 15.5. The molecule has 0 aromatic heterocycles. The highest BCUT2D eigenvalue weighted by Gasteiger charge is 2.26. The molecule has 0 aromatic rings. The molecule has 0 aliphatic rings. The summed E-state index contributed by atoms with van der Waals surface area (Å²) in [5.74, 6) is -2.31. The van der Waals surface area contributed by atoms with Crippen LogP contribution in [0.4, 0.5) is 0 Å². The zero-order valence-corrected chi connectivity index (χ0v) is 24.3. The van der Waals surface area contributed by atoms with Crippen LogP contribution in [0.2, 0.25) is 0 Å². The van der Waals surface area contributed by atoms with Crippen LogP contribution in [-0.2, 0) is 14.4 Å². The number of aliphatic carboxylic acids is 3. The summed E-state index contributed by atoms with van der Waals surface area (Å²) in [5.41, 5.74) is 0. The summed E-state index contributed by atoms with van der Waals surface area (Å²) >= 11 is 0. The van der Waals surface area contributed by atoms with E-state index in [-0.39, 0.29) is 19.3 Å². The van der Waals surface area contributed by atoms with Gasteiger partial charge in [-0.2, -0.15) is 0 Å². The summed E-state index contributed by atoms with van der Waals surface area (Å²) in [4.78, 5) is 32.9. The molecule has 0 rings (SSSR count). The van der Waals surface area contributed by atoms with Crippen molar-refractivity contribution in [1.29, 1.82) is 0 Å². The van der Waals surface area contributed by atoms with Crippen LogP contribution in [0.5, 0.6) is 0 Å². The van der Waals surface area contributed by atoms with Gasteiger partial charge in [0.2, 0.25) is 0 Å². The summed E-state index contributed by atoms with van der Waals surface area (Å²) < 4.78 is 0.867. The Balaban J connectivity index is 4.53. The molecule has 0 radical (unpaired) electrons. The quantitative estimate of drug-likeness (QED) is 0.0506. The van der Waals surface area contributed by atoms with Crippen molar-refractivity contribution in [3.63, 3.8) is 0 Å². The second-order valence-corrected chi connectivity index (χ2v) is 11.0. The van der Waals surface area contributed by atoms with Crippen molar-refractivity contribution < 1.29 is 34.2 Å². The Kier molecular flexibility index (Phi) is 24.1. The number of unbranched alkanes of at least 4 members (excludes halogenated alkanes) is 13. The van der Waals surface area contributed by atoms with Crippen LogP contribution in [0, 0.1) is 0 Å². The lowest BCUT2D eigenvalue weighted by atomic mass is 10.0. The Morgan fingerprint density at radius 1 is 0.474 bits per heavy atom. The van der Waals surface area contributed by atoms with E-state index in [0.29, 0.717) is 19.3 Å². The summed E-state index contributed by atoms with van der Waals surface area (Å²) in [7, 11) is 0. The van der Waals surface area contributed by atoms with Crippen molar-refractivity contribution in [3.05, 3.63) is 12.2 Å². The molecule has 0 unspecified atom stereocenters. The third-order valence-corrected chi connectivity index (χ3v) is 7.47. The first-order chi connectivity index (χ1) is 18.3. The smallest absolute Gasteiger partial charge is 0.303 e. The average molecular weight is 541 g/mol. The highest BCUT2D eigenvalue weighted by Crippen LogP contribution is 2.20. The number of nitrogens with zero attached hydrogens (tertiary/aromatic N) is 1. The standard InChI is InChI=1S/C31H57NO6/c1-2-3-4-5-6-7-8-9-10-11-12-13-14-18-25-32(26-19-15-22-29(33)34,27-20-16-23-30(35)36)28-21-17-24-31(37)38/h3-4H,2,5-28H2,1H3,(H2-,33,34,35,36,37,38)/p+1/b4-3+. The maximum Gasteiger partial charge on any atom is 0.303 e. The van der Waals surface area contributed by atoms with Gasteiger partial charge in [-0.05, 0) is 70.6 Å². The SMILES string of the molecule is CC/C=C/CCCCCCCCCCCC[N+](CCCCC(=O)O)(CCCCC(=O)O)CCCCC(=O)O. The van der Waals surface area contributed by atoms with Gasteiger partial charge in [-0.25, -0.2) is 0 Å². The normalized spacial score (nSPS) is 11.8. The Hall–Kier alpha value is -1.89. The lowest BCUT2D eigenvalue weighted by Gasteiger charge is -2.39. The third-order valence-electron chi connectivity index (χ3n) is 7.47. The molecule has 0 atom stereocenters. The van der Waals surface area contributed by atoms with Gasteiger partial charge in [0, 0.05) is 19.3 Å². The van der Waals surface area contributed by atoms with Crippen LogP contribution in [0.1, 0.15) is 142 Å². The van der Waals surface area contributed by atoms with Gasteiger partial charge >= 0.3 is 17.9 Å². The first kappa shape index (κ1) is 36.1. The van der Waals surface area contributed by atoms with E-state index in [4.69, 9.17) is 15.3 Å². The van der Waals surface area contributed by atoms with E-state index >= 15 is 0 Å². The van der Waals surface area contributed by atoms with E-state index in [1.807, 2.05) is 0 Å². The number of rotatable bonds is 29.